The quantitative estimate of drug-likeness (QED) is 0.873. The maximum Gasteiger partial charge on any atom is 0.451 e. The normalized spacial score (nSPS) is 14.4. The Morgan fingerprint density at radius 2 is 2.04 bits per heavy atom. The molecular weight excluding hydrogens is 349 g/mol. The first-order valence-electron chi connectivity index (χ1n) is 6.77. The smallest absolute Gasteiger partial charge is 0.328 e. The number of carbonyl (C=O) groups excluding carboxylic acids is 2. The average Bonchev–Trinajstić information content (AvgIpc) is 3.10. The third-order valence-corrected chi connectivity index (χ3v) is 4.06. The highest BCUT2D eigenvalue weighted by atomic mass is 32.1. The van der Waals surface area contributed by atoms with E-state index in [4.69, 9.17) is 0 Å². The van der Waals surface area contributed by atoms with Gasteiger partial charge in [-0.2, -0.15) is 13.2 Å². The number of amides is 2. The predicted octanol–water partition coefficient (Wildman–Crippen LogP) is 1.37. The number of thiazole rings is 1. The Morgan fingerprint density at radius 1 is 1.29 bits per heavy atom. The molecule has 2 amide bonds. The number of fused-ring (bicyclic) bond motifs is 1. The summed E-state index contributed by atoms with van der Waals surface area (Å²) in [6.07, 6.45) is -4.58. The number of halogens is 3. The van der Waals surface area contributed by atoms with Gasteiger partial charge in [0.15, 0.2) is 11.0 Å². The van der Waals surface area contributed by atoms with Crippen LogP contribution in [-0.4, -0.2) is 43.0 Å². The second-order valence-electron chi connectivity index (χ2n) is 5.04. The molecule has 0 saturated carbocycles. The van der Waals surface area contributed by atoms with E-state index in [1.807, 2.05) is 0 Å². The van der Waals surface area contributed by atoms with Crippen LogP contribution in [0.1, 0.15) is 29.1 Å². The average molecular weight is 360 g/mol. The molecule has 0 atom stereocenters. The van der Waals surface area contributed by atoms with Crippen molar-refractivity contribution in [2.75, 3.05) is 11.9 Å². The maximum absolute atomic E-state index is 12.8. The van der Waals surface area contributed by atoms with Crippen LogP contribution in [-0.2, 0) is 24.1 Å². The van der Waals surface area contributed by atoms with Gasteiger partial charge in [0.1, 0.15) is 5.69 Å². The zero-order valence-corrected chi connectivity index (χ0v) is 13.1. The monoisotopic (exact) mass is 360 g/mol. The number of alkyl halides is 3. The molecule has 12 heteroatoms. The van der Waals surface area contributed by atoms with Crippen LogP contribution in [0.5, 0.6) is 0 Å². The third-order valence-electron chi connectivity index (χ3n) is 3.30. The Balaban J connectivity index is 1.76. The molecule has 1 N–H and O–H groups in total. The fourth-order valence-electron chi connectivity index (χ4n) is 2.28. The van der Waals surface area contributed by atoms with Gasteiger partial charge in [0, 0.05) is 25.4 Å². The summed E-state index contributed by atoms with van der Waals surface area (Å²) in [6, 6.07) is 0. The van der Waals surface area contributed by atoms with E-state index in [1.165, 1.54) is 17.2 Å². The summed E-state index contributed by atoms with van der Waals surface area (Å²) in [7, 11) is 0. The highest BCUT2D eigenvalue weighted by Crippen LogP contribution is 2.29. The largest absolute Gasteiger partial charge is 0.451 e. The van der Waals surface area contributed by atoms with Gasteiger partial charge in [-0.15, -0.1) is 21.5 Å². The molecule has 0 aromatic carbocycles. The van der Waals surface area contributed by atoms with Crippen LogP contribution >= 0.6 is 11.3 Å². The molecule has 0 aliphatic carbocycles. The van der Waals surface area contributed by atoms with Crippen molar-refractivity contribution in [3.05, 3.63) is 22.7 Å². The number of hydrogen-bond acceptors (Lipinski definition) is 6. The van der Waals surface area contributed by atoms with Gasteiger partial charge in [0.05, 0.1) is 6.54 Å². The van der Waals surface area contributed by atoms with E-state index in [0.29, 0.717) is 0 Å². The van der Waals surface area contributed by atoms with Crippen molar-refractivity contribution in [2.45, 2.75) is 26.2 Å². The summed E-state index contributed by atoms with van der Waals surface area (Å²) in [5, 5.41) is 10.9. The van der Waals surface area contributed by atoms with E-state index in [-0.39, 0.29) is 42.2 Å². The van der Waals surface area contributed by atoms with Crippen LogP contribution < -0.4 is 5.32 Å². The van der Waals surface area contributed by atoms with Crippen molar-refractivity contribution in [2.24, 2.45) is 0 Å². The van der Waals surface area contributed by atoms with E-state index in [0.717, 1.165) is 15.9 Å². The second kappa shape index (κ2) is 5.85. The molecule has 24 heavy (non-hydrogen) atoms. The van der Waals surface area contributed by atoms with Crippen molar-refractivity contribution in [1.82, 2.24) is 24.6 Å². The lowest BCUT2D eigenvalue weighted by molar-refractivity contribution is -0.147. The topological polar surface area (TPSA) is 93.0 Å². The van der Waals surface area contributed by atoms with Gasteiger partial charge in [-0.3, -0.25) is 9.59 Å². The van der Waals surface area contributed by atoms with Gasteiger partial charge in [0.25, 0.3) is 5.91 Å². The molecule has 1 aliphatic heterocycles. The molecule has 0 unspecified atom stereocenters. The molecule has 2 aromatic heterocycles. The molecule has 0 bridgehead atoms. The van der Waals surface area contributed by atoms with Gasteiger partial charge < -0.3 is 14.8 Å². The van der Waals surface area contributed by atoms with Gasteiger partial charge in [-0.05, 0) is 0 Å². The van der Waals surface area contributed by atoms with Crippen LogP contribution in [0.25, 0.3) is 0 Å². The summed E-state index contributed by atoms with van der Waals surface area (Å²) in [4.78, 5) is 28.7. The lowest BCUT2D eigenvalue weighted by atomic mass is 10.3. The zero-order chi connectivity index (χ0) is 17.5. The minimum absolute atomic E-state index is 0.0500. The highest BCUT2D eigenvalue weighted by molar-refractivity contribution is 7.14. The molecular formula is C12H11F3N6O2S. The predicted molar refractivity (Wildman–Crippen MR) is 76.2 cm³/mol. The van der Waals surface area contributed by atoms with Crippen molar-refractivity contribution in [3.8, 4) is 0 Å². The van der Waals surface area contributed by atoms with E-state index in [9.17, 15) is 22.8 Å². The summed E-state index contributed by atoms with van der Waals surface area (Å²) in [6.45, 7) is 1.26. The van der Waals surface area contributed by atoms with Gasteiger partial charge in [-0.25, -0.2) is 4.98 Å². The Labute approximate surface area is 137 Å². The maximum atomic E-state index is 12.8. The lowest BCUT2D eigenvalue weighted by Gasteiger charge is -2.27. The van der Waals surface area contributed by atoms with Crippen LogP contribution in [0.3, 0.4) is 0 Å². The Morgan fingerprint density at radius 3 is 2.71 bits per heavy atom. The third kappa shape index (κ3) is 3.09. The zero-order valence-electron chi connectivity index (χ0n) is 12.3. The number of nitrogens with zero attached hydrogens (tertiary/aromatic N) is 5. The molecule has 128 valence electrons. The number of hydrogen-bond donors (Lipinski definition) is 1. The Kier molecular flexibility index (Phi) is 3.99. The molecule has 2 aromatic rings. The van der Waals surface area contributed by atoms with Crippen LogP contribution in [0.4, 0.5) is 18.3 Å². The van der Waals surface area contributed by atoms with Gasteiger partial charge in [-0.1, -0.05) is 0 Å². The Bertz CT molecular complexity index is 799. The standard InChI is InChI=1S/C12H11F3N6O2S/c1-6(22)16-11-17-7(5-24-11)9(23)20-2-3-21-8(4-20)18-19-10(21)12(13,14)15/h5H,2-4H2,1H3,(H,16,17,22). The Hall–Kier alpha value is -2.50. The number of nitrogens with one attached hydrogen (secondary N) is 1. The summed E-state index contributed by atoms with van der Waals surface area (Å²) in [5.41, 5.74) is 0.118. The fourth-order valence-corrected chi connectivity index (χ4v) is 3.01. The lowest BCUT2D eigenvalue weighted by Crippen LogP contribution is -2.39. The molecule has 0 radical (unpaired) electrons. The first kappa shape index (κ1) is 16.4. The number of carbonyl (C=O) groups is 2. The van der Waals surface area contributed by atoms with Crippen LogP contribution in [0, 0.1) is 0 Å². The van der Waals surface area contributed by atoms with Crippen molar-refractivity contribution < 1.29 is 22.8 Å². The SMILES string of the molecule is CC(=O)Nc1nc(C(=O)N2CCn3c(nnc3C(F)(F)F)C2)cs1. The van der Waals surface area contributed by atoms with E-state index in [2.05, 4.69) is 20.5 Å². The minimum atomic E-state index is -4.58. The summed E-state index contributed by atoms with van der Waals surface area (Å²) >= 11 is 1.09. The molecule has 3 heterocycles. The van der Waals surface area contributed by atoms with E-state index in [1.54, 1.807) is 0 Å². The second-order valence-corrected chi connectivity index (χ2v) is 5.89. The highest BCUT2D eigenvalue weighted by Gasteiger charge is 2.40. The van der Waals surface area contributed by atoms with Crippen molar-refractivity contribution in [1.29, 1.82) is 0 Å². The van der Waals surface area contributed by atoms with E-state index < -0.39 is 17.9 Å². The first-order chi connectivity index (χ1) is 11.3. The molecule has 0 spiro atoms. The molecule has 1 aliphatic rings. The number of rotatable bonds is 2. The number of anilines is 1. The van der Waals surface area contributed by atoms with Crippen LogP contribution in [0.2, 0.25) is 0 Å². The summed E-state index contributed by atoms with van der Waals surface area (Å²) in [5.74, 6) is -1.75. The molecule has 0 fully saturated rings. The van der Waals surface area contributed by atoms with Gasteiger partial charge in [0.2, 0.25) is 11.7 Å². The van der Waals surface area contributed by atoms with Crippen molar-refractivity contribution in [3.63, 3.8) is 0 Å². The molecule has 8 nitrogen and oxygen atoms in total. The molecule has 3 rings (SSSR count). The fraction of sp³-hybridized carbons (Fsp3) is 0.417. The molecule has 0 saturated heterocycles. The first-order valence-corrected chi connectivity index (χ1v) is 7.65. The van der Waals surface area contributed by atoms with Gasteiger partial charge >= 0.3 is 6.18 Å². The minimum Gasteiger partial charge on any atom is -0.328 e. The summed E-state index contributed by atoms with van der Waals surface area (Å²) < 4.78 is 39.3. The van der Waals surface area contributed by atoms with Crippen LogP contribution in [0.15, 0.2) is 5.38 Å². The van der Waals surface area contributed by atoms with E-state index >= 15 is 0 Å². The van der Waals surface area contributed by atoms with Crippen molar-refractivity contribution >= 4 is 28.3 Å². The number of aromatic nitrogens is 4.